The van der Waals surface area contributed by atoms with Crippen LogP contribution in [0.4, 0.5) is 5.69 Å². The van der Waals surface area contributed by atoms with E-state index in [0.717, 1.165) is 6.04 Å². The maximum atomic E-state index is 5.89. The van der Waals surface area contributed by atoms with Gasteiger partial charge < -0.3 is 4.90 Å². The van der Waals surface area contributed by atoms with Gasteiger partial charge in [-0.3, -0.25) is 4.90 Å². The van der Waals surface area contributed by atoms with E-state index in [2.05, 4.69) is 43.9 Å². The monoisotopic (exact) mass is 356 g/mol. The highest BCUT2D eigenvalue weighted by Gasteiger charge is 2.29. The van der Waals surface area contributed by atoms with Gasteiger partial charge >= 0.3 is 0 Å². The molecule has 2 heterocycles. The first-order valence-electron chi connectivity index (χ1n) is 7.61. The summed E-state index contributed by atoms with van der Waals surface area (Å²) in [6.07, 6.45) is 5.47. The number of halogens is 2. The molecule has 0 N–H and O–H groups in total. The van der Waals surface area contributed by atoms with Crippen molar-refractivity contribution in [2.45, 2.75) is 37.6 Å². The third kappa shape index (κ3) is 3.15. The van der Waals surface area contributed by atoms with Gasteiger partial charge in [-0.1, -0.05) is 12.5 Å². The minimum atomic E-state index is 0.579. The second-order valence-corrected chi connectivity index (χ2v) is 7.03. The van der Waals surface area contributed by atoms with Crippen LogP contribution in [0.2, 0.25) is 0 Å². The van der Waals surface area contributed by atoms with E-state index in [0.29, 0.717) is 5.88 Å². The summed E-state index contributed by atoms with van der Waals surface area (Å²) in [4.78, 5) is 5.21. The van der Waals surface area contributed by atoms with E-state index in [1.807, 2.05) is 0 Å². The predicted molar refractivity (Wildman–Crippen MR) is 89.7 cm³/mol. The molecular weight excluding hydrogens is 336 g/mol. The molecule has 0 aliphatic carbocycles. The number of hydrogen-bond acceptors (Lipinski definition) is 2. The zero-order valence-corrected chi connectivity index (χ0v) is 14.2. The molecule has 2 aliphatic heterocycles. The van der Waals surface area contributed by atoms with Crippen molar-refractivity contribution in [3.63, 3.8) is 0 Å². The van der Waals surface area contributed by atoms with Crippen LogP contribution in [0.5, 0.6) is 0 Å². The highest BCUT2D eigenvalue weighted by molar-refractivity contribution is 9.10. The lowest BCUT2D eigenvalue weighted by atomic mass is 10.1. The van der Waals surface area contributed by atoms with Crippen LogP contribution in [0.25, 0.3) is 0 Å². The Labute approximate surface area is 135 Å². The van der Waals surface area contributed by atoms with Crippen molar-refractivity contribution in [2.24, 2.45) is 0 Å². The summed E-state index contributed by atoms with van der Waals surface area (Å²) in [5.41, 5.74) is 2.49. The summed E-state index contributed by atoms with van der Waals surface area (Å²) in [5, 5.41) is 0. The van der Waals surface area contributed by atoms with Gasteiger partial charge in [-0.2, -0.15) is 0 Å². The summed E-state index contributed by atoms with van der Waals surface area (Å²) in [5.74, 6) is 0.579. The minimum Gasteiger partial charge on any atom is -0.369 e. The molecule has 0 radical (unpaired) electrons. The average molecular weight is 358 g/mol. The van der Waals surface area contributed by atoms with Gasteiger partial charge in [-0.15, -0.1) is 11.6 Å². The van der Waals surface area contributed by atoms with Crippen LogP contribution in [-0.4, -0.2) is 37.1 Å². The molecule has 4 heteroatoms. The molecule has 0 aromatic heterocycles. The second kappa shape index (κ2) is 6.67. The van der Waals surface area contributed by atoms with Crippen molar-refractivity contribution in [3.8, 4) is 0 Å². The standard InChI is InChI=1S/C16H22BrClN2/c17-15-10-13(11-18)4-5-16(15)20-9-6-14(12-20)19-7-2-1-3-8-19/h4-5,10,14H,1-3,6-9,11-12H2. The summed E-state index contributed by atoms with van der Waals surface area (Å²) in [6, 6.07) is 7.24. The maximum Gasteiger partial charge on any atom is 0.0511 e. The molecule has 1 aromatic carbocycles. The van der Waals surface area contributed by atoms with E-state index < -0.39 is 0 Å². The van der Waals surface area contributed by atoms with Gasteiger partial charge in [-0.25, -0.2) is 0 Å². The van der Waals surface area contributed by atoms with Crippen molar-refractivity contribution >= 4 is 33.2 Å². The topological polar surface area (TPSA) is 6.48 Å². The van der Waals surface area contributed by atoms with Gasteiger partial charge in [0.15, 0.2) is 0 Å². The smallest absolute Gasteiger partial charge is 0.0511 e. The van der Waals surface area contributed by atoms with Crippen LogP contribution in [0, 0.1) is 0 Å². The SMILES string of the molecule is ClCc1ccc(N2CCC(N3CCCCC3)C2)c(Br)c1. The maximum absolute atomic E-state index is 5.89. The first-order valence-corrected chi connectivity index (χ1v) is 8.94. The zero-order valence-electron chi connectivity index (χ0n) is 11.8. The molecule has 0 amide bonds. The highest BCUT2D eigenvalue weighted by atomic mass is 79.9. The Kier molecular flexibility index (Phi) is 4.90. The molecule has 2 saturated heterocycles. The van der Waals surface area contributed by atoms with Crippen molar-refractivity contribution < 1.29 is 0 Å². The molecular formula is C16H22BrClN2. The number of likely N-dealkylation sites (tertiary alicyclic amines) is 1. The van der Waals surface area contributed by atoms with Crippen LogP contribution < -0.4 is 4.90 Å². The lowest BCUT2D eigenvalue weighted by Gasteiger charge is -2.32. The summed E-state index contributed by atoms with van der Waals surface area (Å²) >= 11 is 9.59. The number of hydrogen-bond donors (Lipinski definition) is 0. The second-order valence-electron chi connectivity index (χ2n) is 5.90. The third-order valence-electron chi connectivity index (χ3n) is 4.58. The number of anilines is 1. The number of piperidine rings is 1. The van der Waals surface area contributed by atoms with E-state index in [1.165, 1.54) is 67.6 Å². The Hall–Kier alpha value is -0.250. The molecule has 0 spiro atoms. The Morgan fingerprint density at radius 3 is 2.65 bits per heavy atom. The zero-order chi connectivity index (χ0) is 13.9. The van der Waals surface area contributed by atoms with Crippen LogP contribution in [-0.2, 0) is 5.88 Å². The number of rotatable bonds is 3. The van der Waals surface area contributed by atoms with Gasteiger partial charge in [0.05, 0.1) is 5.69 Å². The molecule has 2 fully saturated rings. The van der Waals surface area contributed by atoms with E-state index in [-0.39, 0.29) is 0 Å². The van der Waals surface area contributed by atoms with Gasteiger partial charge in [0, 0.05) is 29.5 Å². The largest absolute Gasteiger partial charge is 0.369 e. The molecule has 1 aromatic rings. The molecule has 1 atom stereocenters. The Morgan fingerprint density at radius 2 is 1.95 bits per heavy atom. The fourth-order valence-electron chi connectivity index (χ4n) is 3.43. The van der Waals surface area contributed by atoms with Gasteiger partial charge in [-0.05, 0) is 66.0 Å². The molecule has 0 saturated carbocycles. The van der Waals surface area contributed by atoms with Crippen LogP contribution in [0.15, 0.2) is 22.7 Å². The van der Waals surface area contributed by atoms with Crippen LogP contribution in [0.3, 0.4) is 0 Å². The van der Waals surface area contributed by atoms with Gasteiger partial charge in [0.25, 0.3) is 0 Å². The Balaban J connectivity index is 1.67. The summed E-state index contributed by atoms with van der Waals surface area (Å²) in [7, 11) is 0. The lowest BCUT2D eigenvalue weighted by Crippen LogP contribution is -2.40. The molecule has 2 nitrogen and oxygen atoms in total. The Bertz CT molecular complexity index is 460. The highest BCUT2D eigenvalue weighted by Crippen LogP contribution is 2.32. The molecule has 0 bridgehead atoms. The molecule has 1 unspecified atom stereocenters. The number of nitrogens with zero attached hydrogens (tertiary/aromatic N) is 2. The normalized spacial score (nSPS) is 24.3. The number of benzene rings is 1. The van der Waals surface area contributed by atoms with E-state index in [9.17, 15) is 0 Å². The fourth-order valence-corrected chi connectivity index (χ4v) is 4.28. The van der Waals surface area contributed by atoms with Crippen LogP contribution in [0.1, 0.15) is 31.2 Å². The predicted octanol–water partition coefficient (Wildman–Crippen LogP) is 4.25. The van der Waals surface area contributed by atoms with Gasteiger partial charge in [0.1, 0.15) is 0 Å². The quantitative estimate of drug-likeness (QED) is 0.746. The average Bonchev–Trinajstić information content (AvgIpc) is 2.97. The molecule has 2 aliphatic rings. The van der Waals surface area contributed by atoms with Crippen molar-refractivity contribution in [1.82, 2.24) is 4.90 Å². The van der Waals surface area contributed by atoms with Crippen molar-refractivity contribution in [2.75, 3.05) is 31.1 Å². The summed E-state index contributed by atoms with van der Waals surface area (Å²) < 4.78 is 1.18. The lowest BCUT2D eigenvalue weighted by molar-refractivity contribution is 0.175. The van der Waals surface area contributed by atoms with E-state index in [4.69, 9.17) is 11.6 Å². The molecule has 20 heavy (non-hydrogen) atoms. The van der Waals surface area contributed by atoms with Crippen molar-refractivity contribution in [3.05, 3.63) is 28.2 Å². The minimum absolute atomic E-state index is 0.579. The van der Waals surface area contributed by atoms with Crippen molar-refractivity contribution in [1.29, 1.82) is 0 Å². The van der Waals surface area contributed by atoms with Gasteiger partial charge in [0.2, 0.25) is 0 Å². The fraction of sp³-hybridized carbons (Fsp3) is 0.625. The summed E-state index contributed by atoms with van der Waals surface area (Å²) in [6.45, 7) is 4.93. The first-order chi connectivity index (χ1) is 9.78. The van der Waals surface area contributed by atoms with E-state index in [1.54, 1.807) is 0 Å². The van der Waals surface area contributed by atoms with Crippen LogP contribution >= 0.6 is 27.5 Å². The molecule has 110 valence electrons. The number of alkyl halides is 1. The third-order valence-corrected chi connectivity index (χ3v) is 5.52. The Morgan fingerprint density at radius 1 is 1.15 bits per heavy atom. The van der Waals surface area contributed by atoms with E-state index >= 15 is 0 Å². The molecule has 3 rings (SSSR count). The first kappa shape index (κ1) is 14.7.